The maximum absolute atomic E-state index is 13.4. The molecule has 0 saturated carbocycles. The van der Waals surface area contributed by atoms with Crippen LogP contribution in [-0.4, -0.2) is 56.9 Å². The summed E-state index contributed by atoms with van der Waals surface area (Å²) >= 11 is 0. The van der Waals surface area contributed by atoms with E-state index in [0.29, 0.717) is 44.0 Å². The second kappa shape index (κ2) is 9.01. The lowest BCUT2D eigenvalue weighted by Crippen LogP contribution is -2.37. The van der Waals surface area contributed by atoms with Crippen molar-refractivity contribution in [2.24, 2.45) is 0 Å². The highest BCUT2D eigenvalue weighted by atomic mass is 16.5. The molecule has 174 valence electrons. The second-order valence-corrected chi connectivity index (χ2v) is 8.24. The second-order valence-electron chi connectivity index (χ2n) is 8.24. The number of carbonyl (C=O) groups is 2. The molecule has 5 rings (SSSR count). The van der Waals surface area contributed by atoms with E-state index >= 15 is 0 Å². The van der Waals surface area contributed by atoms with Gasteiger partial charge >= 0.3 is 0 Å². The number of nitrogens with one attached hydrogen (secondary N) is 2. The summed E-state index contributed by atoms with van der Waals surface area (Å²) in [6, 6.07) is 15.4. The van der Waals surface area contributed by atoms with E-state index in [1.54, 1.807) is 12.0 Å². The third-order valence-electron chi connectivity index (χ3n) is 6.11. The van der Waals surface area contributed by atoms with Crippen molar-refractivity contribution in [2.75, 3.05) is 20.2 Å². The molecule has 0 bridgehead atoms. The summed E-state index contributed by atoms with van der Waals surface area (Å²) in [6.45, 7) is 3.71. The molecule has 0 unspecified atom stereocenters. The summed E-state index contributed by atoms with van der Waals surface area (Å²) < 4.78 is 7.22. The Labute approximate surface area is 196 Å². The van der Waals surface area contributed by atoms with E-state index in [4.69, 9.17) is 4.74 Å². The minimum absolute atomic E-state index is 0.162. The lowest BCUT2D eigenvalue weighted by atomic mass is 10.0. The number of amides is 2. The fraction of sp³-hybridized carbons (Fsp3) is 0.280. The molecule has 0 radical (unpaired) electrons. The highest BCUT2D eigenvalue weighted by Gasteiger charge is 2.31. The summed E-state index contributed by atoms with van der Waals surface area (Å²) in [5.74, 6) is 0.374. The molecule has 9 nitrogen and oxygen atoms in total. The normalized spacial score (nSPS) is 13.1. The summed E-state index contributed by atoms with van der Waals surface area (Å²) in [6.07, 6.45) is 0.597. The molecule has 0 fully saturated rings. The summed E-state index contributed by atoms with van der Waals surface area (Å²) in [4.78, 5) is 27.9. The van der Waals surface area contributed by atoms with Crippen LogP contribution in [0.3, 0.4) is 0 Å². The first-order valence-corrected chi connectivity index (χ1v) is 11.3. The van der Waals surface area contributed by atoms with Gasteiger partial charge in [0.1, 0.15) is 5.75 Å². The van der Waals surface area contributed by atoms with Crippen LogP contribution >= 0.6 is 0 Å². The lowest BCUT2D eigenvalue weighted by Gasteiger charge is -2.27. The zero-order valence-corrected chi connectivity index (χ0v) is 19.2. The first-order valence-electron chi connectivity index (χ1n) is 11.3. The highest BCUT2D eigenvalue weighted by molar-refractivity contribution is 6.04. The topological polar surface area (TPSA) is 105 Å². The van der Waals surface area contributed by atoms with E-state index in [1.165, 1.54) is 0 Å². The first-order chi connectivity index (χ1) is 16.6. The van der Waals surface area contributed by atoms with Gasteiger partial charge in [-0.05, 0) is 30.7 Å². The molecule has 0 spiro atoms. The van der Waals surface area contributed by atoms with Crippen molar-refractivity contribution in [2.45, 2.75) is 26.4 Å². The van der Waals surface area contributed by atoms with Crippen LogP contribution in [0.15, 0.2) is 48.5 Å². The standard InChI is InChI=1S/C25H26N6O3/c1-3-26-24(32)22-19-15-30(25(33)23-18-9-4-5-10-20(18)27-28-23)12-11-21(19)31(29-22)14-16-7-6-8-17(13-16)34-2/h4-10,13H,3,11-12,14-15H2,1-2H3,(H,26,32)(H,27,28). The van der Waals surface area contributed by atoms with Crippen LogP contribution in [0.25, 0.3) is 10.9 Å². The summed E-state index contributed by atoms with van der Waals surface area (Å²) in [7, 11) is 1.64. The maximum atomic E-state index is 13.4. The number of aromatic amines is 1. The number of aromatic nitrogens is 4. The molecule has 3 heterocycles. The van der Waals surface area contributed by atoms with Gasteiger partial charge < -0.3 is 15.0 Å². The summed E-state index contributed by atoms with van der Waals surface area (Å²) in [5.41, 5.74) is 4.35. The number of fused-ring (bicyclic) bond motifs is 2. The Kier molecular flexibility index (Phi) is 5.75. The Balaban J connectivity index is 1.47. The van der Waals surface area contributed by atoms with Crippen LogP contribution < -0.4 is 10.1 Å². The lowest BCUT2D eigenvalue weighted by molar-refractivity contribution is 0.0726. The minimum atomic E-state index is -0.234. The fourth-order valence-corrected chi connectivity index (χ4v) is 4.44. The number of H-pyrrole nitrogens is 1. The van der Waals surface area contributed by atoms with Gasteiger partial charge in [-0.15, -0.1) is 0 Å². The number of rotatable bonds is 6. The zero-order chi connectivity index (χ0) is 23.7. The quantitative estimate of drug-likeness (QED) is 0.462. The molecule has 1 aliphatic rings. The van der Waals surface area contributed by atoms with Crippen molar-refractivity contribution in [3.63, 3.8) is 0 Å². The van der Waals surface area contributed by atoms with E-state index in [-0.39, 0.29) is 11.8 Å². The number of hydrogen-bond donors (Lipinski definition) is 2. The van der Waals surface area contributed by atoms with Crippen molar-refractivity contribution in [3.8, 4) is 5.75 Å². The van der Waals surface area contributed by atoms with Crippen LogP contribution in [0.5, 0.6) is 5.75 Å². The van der Waals surface area contributed by atoms with Gasteiger partial charge in [-0.2, -0.15) is 10.2 Å². The number of para-hydroxylation sites is 1. The molecule has 9 heteroatoms. The van der Waals surface area contributed by atoms with Crippen LogP contribution in [0.2, 0.25) is 0 Å². The Morgan fingerprint density at radius 3 is 2.82 bits per heavy atom. The molecule has 0 aliphatic carbocycles. The molecule has 1 aliphatic heterocycles. The van der Waals surface area contributed by atoms with Crippen LogP contribution in [-0.2, 0) is 19.5 Å². The number of ether oxygens (including phenoxy) is 1. The number of nitrogens with zero attached hydrogens (tertiary/aromatic N) is 4. The molecule has 2 aromatic carbocycles. The van der Waals surface area contributed by atoms with Crippen LogP contribution in [0, 0.1) is 0 Å². The molecule has 2 amide bonds. The van der Waals surface area contributed by atoms with Gasteiger partial charge in [-0.25, -0.2) is 0 Å². The van der Waals surface area contributed by atoms with E-state index in [0.717, 1.165) is 33.5 Å². The largest absolute Gasteiger partial charge is 0.497 e. The Morgan fingerprint density at radius 1 is 1.15 bits per heavy atom. The Morgan fingerprint density at radius 2 is 2.00 bits per heavy atom. The number of benzene rings is 2. The number of carbonyl (C=O) groups excluding carboxylic acids is 2. The van der Waals surface area contributed by atoms with Crippen molar-refractivity contribution in [1.29, 1.82) is 0 Å². The third kappa shape index (κ3) is 3.89. The van der Waals surface area contributed by atoms with E-state index < -0.39 is 0 Å². The van der Waals surface area contributed by atoms with Crippen molar-refractivity contribution in [3.05, 3.63) is 76.7 Å². The maximum Gasteiger partial charge on any atom is 0.275 e. The number of hydrogen-bond acceptors (Lipinski definition) is 5. The molecule has 34 heavy (non-hydrogen) atoms. The molecule has 4 aromatic rings. The Hall–Kier alpha value is -4.14. The van der Waals surface area contributed by atoms with Gasteiger partial charge in [0.15, 0.2) is 11.4 Å². The predicted octanol–water partition coefficient (Wildman–Crippen LogP) is 2.76. The molecule has 0 saturated heterocycles. The molecular formula is C25H26N6O3. The molecule has 2 aromatic heterocycles. The smallest absolute Gasteiger partial charge is 0.275 e. The SMILES string of the molecule is CCNC(=O)c1nn(Cc2cccc(OC)c2)c2c1CN(C(=O)c1n[nH]c3ccccc13)CC2. The van der Waals surface area contributed by atoms with Gasteiger partial charge in [0, 0.05) is 36.2 Å². The van der Waals surface area contributed by atoms with Gasteiger partial charge in [0.05, 0.1) is 25.7 Å². The highest BCUT2D eigenvalue weighted by Crippen LogP contribution is 2.26. The van der Waals surface area contributed by atoms with Gasteiger partial charge in [-0.1, -0.05) is 30.3 Å². The average molecular weight is 459 g/mol. The average Bonchev–Trinajstić information content (AvgIpc) is 3.45. The van der Waals surface area contributed by atoms with Gasteiger partial charge in [0.25, 0.3) is 11.8 Å². The molecule has 0 atom stereocenters. The van der Waals surface area contributed by atoms with Gasteiger partial charge in [-0.3, -0.25) is 19.4 Å². The zero-order valence-electron chi connectivity index (χ0n) is 19.2. The number of methoxy groups -OCH3 is 1. The van der Waals surface area contributed by atoms with Crippen molar-refractivity contribution >= 4 is 22.7 Å². The first kappa shape index (κ1) is 21.7. The minimum Gasteiger partial charge on any atom is -0.497 e. The van der Waals surface area contributed by atoms with Crippen LogP contribution in [0.1, 0.15) is 44.7 Å². The van der Waals surface area contributed by atoms with Crippen LogP contribution in [0.4, 0.5) is 0 Å². The summed E-state index contributed by atoms with van der Waals surface area (Å²) in [5, 5.41) is 15.5. The van der Waals surface area contributed by atoms with Crippen molar-refractivity contribution in [1.82, 2.24) is 30.2 Å². The van der Waals surface area contributed by atoms with E-state index in [9.17, 15) is 9.59 Å². The van der Waals surface area contributed by atoms with Gasteiger partial charge in [0.2, 0.25) is 0 Å². The fourth-order valence-electron chi connectivity index (χ4n) is 4.44. The monoisotopic (exact) mass is 458 g/mol. The van der Waals surface area contributed by atoms with E-state index in [1.807, 2.05) is 60.1 Å². The third-order valence-corrected chi connectivity index (χ3v) is 6.11. The molecule has 2 N–H and O–H groups in total. The predicted molar refractivity (Wildman–Crippen MR) is 127 cm³/mol. The van der Waals surface area contributed by atoms with E-state index in [2.05, 4.69) is 20.6 Å². The van der Waals surface area contributed by atoms with Crippen molar-refractivity contribution < 1.29 is 14.3 Å². The molecular weight excluding hydrogens is 432 g/mol. The Bertz CT molecular complexity index is 1370.